The van der Waals surface area contributed by atoms with Gasteiger partial charge in [0.2, 0.25) is 0 Å². The summed E-state index contributed by atoms with van der Waals surface area (Å²) < 4.78 is 0. The molecular weight excluding hydrogens is 384 g/mol. The fourth-order valence-electron chi connectivity index (χ4n) is 3.19. The van der Waals surface area contributed by atoms with Crippen molar-refractivity contribution < 1.29 is 26.5 Å². The van der Waals surface area contributed by atoms with Gasteiger partial charge in [0, 0.05) is 16.9 Å². The number of H-pyrrole nitrogens is 1. The van der Waals surface area contributed by atoms with Gasteiger partial charge >= 0.3 is 21.7 Å². The third-order valence-electron chi connectivity index (χ3n) is 4.53. The van der Waals surface area contributed by atoms with Gasteiger partial charge in [0.15, 0.2) is 0 Å². The molecule has 4 radical (unpaired) electrons. The summed E-state index contributed by atoms with van der Waals surface area (Å²) in [7, 11) is 0. The van der Waals surface area contributed by atoms with Crippen LogP contribution in [0.5, 0.6) is 0 Å². The van der Waals surface area contributed by atoms with Gasteiger partial charge in [0.1, 0.15) is 0 Å². The second kappa shape index (κ2) is 13.6. The van der Waals surface area contributed by atoms with Crippen molar-refractivity contribution in [2.24, 2.45) is 5.92 Å². The molecule has 4 rings (SSSR count). The van der Waals surface area contributed by atoms with Crippen LogP contribution in [0.4, 0.5) is 0 Å². The van der Waals surface area contributed by atoms with Crippen LogP contribution in [0, 0.1) is 20.8 Å². The van der Waals surface area contributed by atoms with E-state index in [1.54, 1.807) is 0 Å². The maximum Gasteiger partial charge on any atom is 4.00 e. The Morgan fingerprint density at radius 1 is 1.07 bits per heavy atom. The summed E-state index contributed by atoms with van der Waals surface area (Å²) in [5, 5.41) is 2.62. The van der Waals surface area contributed by atoms with Crippen LogP contribution in [0.25, 0.3) is 27.6 Å². The van der Waals surface area contributed by atoms with Gasteiger partial charge in [-0.15, -0.1) is 34.5 Å². The Morgan fingerprint density at radius 3 is 2.26 bits per heavy atom. The number of carbonyl (C=O) groups excluding carboxylic acids is 1. The monoisotopic (exact) mass is 412 g/mol. The van der Waals surface area contributed by atoms with E-state index >= 15 is 0 Å². The molecule has 1 fully saturated rings. The number of aromatic nitrogens is 1. The summed E-state index contributed by atoms with van der Waals surface area (Å²) in [4.78, 5) is 13.5. The summed E-state index contributed by atoms with van der Waals surface area (Å²) in [6.07, 6.45) is 9.44. The molecule has 1 saturated carbocycles. The van der Waals surface area contributed by atoms with Gasteiger partial charge in [0.05, 0.1) is 5.91 Å². The molecule has 3 nitrogen and oxygen atoms in total. The topological polar surface area (TPSA) is 56.7 Å². The Labute approximate surface area is 183 Å². The van der Waals surface area contributed by atoms with Crippen LogP contribution >= 0.6 is 0 Å². The minimum Gasteiger partial charge on any atom is -0.668 e. The van der Waals surface area contributed by atoms with Gasteiger partial charge in [-0.3, -0.25) is 0 Å². The summed E-state index contributed by atoms with van der Waals surface area (Å²) in [5.41, 5.74) is 9.37. The van der Waals surface area contributed by atoms with Gasteiger partial charge in [-0.1, -0.05) is 49.1 Å². The predicted octanol–water partition coefficient (Wildman–Crippen LogP) is 6.22. The molecule has 1 aromatic heterocycles. The van der Waals surface area contributed by atoms with Crippen LogP contribution in [-0.2, 0) is 26.5 Å². The SMILES string of the molecule is [CH3-].[CH3-].[NH-]C(=O)C1CCCCC1.[Si].[Ti+4].c1ccc2[cH-]c(-c3cc[nH]c3)cc2c1. The number of benzene rings is 1. The van der Waals surface area contributed by atoms with E-state index in [0.717, 1.165) is 25.7 Å². The first-order valence-electron chi connectivity index (χ1n) is 8.28. The molecule has 2 N–H and O–H groups in total. The summed E-state index contributed by atoms with van der Waals surface area (Å²) >= 11 is 0. The average molecular weight is 412 g/mol. The van der Waals surface area contributed by atoms with E-state index in [4.69, 9.17) is 5.73 Å². The Hall–Kier alpha value is -1.49. The number of fused-ring (bicyclic) bond motifs is 1. The molecule has 0 aliphatic heterocycles. The Bertz CT molecular complexity index is 729. The van der Waals surface area contributed by atoms with Gasteiger partial charge in [-0.2, -0.15) is 0 Å². The van der Waals surface area contributed by atoms with Crippen molar-refractivity contribution in [3.05, 3.63) is 75.4 Å². The fraction of sp³-hybridized carbons (Fsp3) is 0.273. The number of aromatic amines is 1. The van der Waals surface area contributed by atoms with Crippen molar-refractivity contribution in [1.29, 1.82) is 0 Å². The third-order valence-corrected chi connectivity index (χ3v) is 4.53. The van der Waals surface area contributed by atoms with Crippen molar-refractivity contribution in [3.8, 4) is 11.1 Å². The van der Waals surface area contributed by atoms with Crippen molar-refractivity contribution in [2.75, 3.05) is 0 Å². The molecule has 0 saturated heterocycles. The molecule has 1 heterocycles. The van der Waals surface area contributed by atoms with Crippen LogP contribution < -0.4 is 0 Å². The Kier molecular flexibility index (Phi) is 14.0. The van der Waals surface area contributed by atoms with Gasteiger partial charge < -0.3 is 30.4 Å². The minimum absolute atomic E-state index is 0. The van der Waals surface area contributed by atoms with E-state index in [0.29, 0.717) is 0 Å². The van der Waals surface area contributed by atoms with E-state index in [1.165, 1.54) is 28.3 Å². The number of hydrogen-bond donors (Lipinski definition) is 1. The normalized spacial score (nSPS) is 12.9. The van der Waals surface area contributed by atoms with Crippen LogP contribution in [-0.4, -0.2) is 21.9 Å². The average Bonchev–Trinajstić information content (AvgIpc) is 3.25. The van der Waals surface area contributed by atoms with E-state index in [9.17, 15) is 4.79 Å². The molecule has 140 valence electrons. The van der Waals surface area contributed by atoms with Crippen LogP contribution in [0.2, 0.25) is 0 Å². The Balaban J connectivity index is 0. The Morgan fingerprint density at radius 2 is 1.74 bits per heavy atom. The molecule has 0 bridgehead atoms. The third kappa shape index (κ3) is 7.57. The molecular formula is C22H28N2OSiTi. The standard InChI is InChI=1S/C13H10N.C7H13NO.2CH3.Si.Ti/c1-2-4-11-8-13(7-10(11)3-1)12-5-6-14-9-12;8-7(9)6-4-2-1-3-5-6;;;;/h1-9,14H;6H,1-5H2,(H2,8,9);2*1H3;;/q-1;;2*-1;;+4/p-1. The van der Waals surface area contributed by atoms with Crippen LogP contribution in [0.1, 0.15) is 32.1 Å². The maximum atomic E-state index is 10.5. The predicted molar refractivity (Wildman–Crippen MR) is 114 cm³/mol. The van der Waals surface area contributed by atoms with Gasteiger partial charge in [-0.05, 0) is 25.2 Å². The number of carbonyl (C=O) groups is 1. The second-order valence-electron chi connectivity index (χ2n) is 6.17. The molecule has 1 aliphatic carbocycles. The minimum atomic E-state index is -0.352. The summed E-state index contributed by atoms with van der Waals surface area (Å²) in [5.74, 6) is -0.270. The molecule has 0 unspecified atom stereocenters. The molecule has 0 spiro atoms. The van der Waals surface area contributed by atoms with Crippen molar-refractivity contribution in [2.45, 2.75) is 32.1 Å². The van der Waals surface area contributed by atoms with Crippen molar-refractivity contribution in [1.82, 2.24) is 4.98 Å². The maximum absolute atomic E-state index is 10.5. The summed E-state index contributed by atoms with van der Waals surface area (Å²) in [6, 6.07) is 15.0. The molecule has 0 atom stereocenters. The molecule has 27 heavy (non-hydrogen) atoms. The first kappa shape index (κ1) is 27.7. The van der Waals surface area contributed by atoms with E-state index < -0.39 is 0 Å². The molecule has 1 aliphatic rings. The van der Waals surface area contributed by atoms with Crippen molar-refractivity contribution in [3.63, 3.8) is 0 Å². The zero-order valence-corrected chi connectivity index (χ0v) is 18.8. The zero-order chi connectivity index (χ0) is 16.1. The van der Waals surface area contributed by atoms with Gasteiger partial charge in [-0.25, -0.2) is 0 Å². The number of hydrogen-bond acceptors (Lipinski definition) is 1. The quantitative estimate of drug-likeness (QED) is 0.394. The van der Waals surface area contributed by atoms with Crippen molar-refractivity contribution >= 4 is 27.6 Å². The number of amides is 1. The fourth-order valence-corrected chi connectivity index (χ4v) is 3.19. The molecule has 1 amide bonds. The van der Waals surface area contributed by atoms with Crippen LogP contribution in [0.15, 0.2) is 54.9 Å². The van der Waals surface area contributed by atoms with Gasteiger partial charge in [0.25, 0.3) is 0 Å². The van der Waals surface area contributed by atoms with Crippen LogP contribution in [0.3, 0.4) is 0 Å². The first-order valence-corrected chi connectivity index (χ1v) is 8.28. The second-order valence-corrected chi connectivity index (χ2v) is 6.17. The smallest absolute Gasteiger partial charge is 0.668 e. The van der Waals surface area contributed by atoms with E-state index in [2.05, 4.69) is 47.4 Å². The number of nitrogens with one attached hydrogen (secondary N) is 2. The summed E-state index contributed by atoms with van der Waals surface area (Å²) in [6.45, 7) is 0. The molecule has 3 aromatic rings. The largest absolute Gasteiger partial charge is 4.00 e. The first-order chi connectivity index (χ1) is 11.2. The zero-order valence-electron chi connectivity index (χ0n) is 16.2. The van der Waals surface area contributed by atoms with E-state index in [1.807, 2.05) is 12.4 Å². The molecule has 5 heteroatoms. The number of rotatable bonds is 2. The molecule has 2 aromatic carbocycles. The van der Waals surface area contributed by atoms with E-state index in [-0.39, 0.29) is 59.4 Å².